The maximum Gasteiger partial charge on any atom is 0.250 e. The van der Waals surface area contributed by atoms with Crippen LogP contribution in [0.25, 0.3) is 0 Å². The van der Waals surface area contributed by atoms with E-state index in [0.717, 1.165) is 15.4 Å². The molecule has 2 rings (SSSR count). The van der Waals surface area contributed by atoms with Gasteiger partial charge in [0.2, 0.25) is 5.70 Å². The lowest BCUT2D eigenvalue weighted by Gasteiger charge is -2.15. The van der Waals surface area contributed by atoms with E-state index >= 15 is 0 Å². The fourth-order valence-corrected chi connectivity index (χ4v) is 4.54. The first-order chi connectivity index (χ1) is 11.3. The maximum atomic E-state index is 10.9. The fourth-order valence-electron chi connectivity index (χ4n) is 2.30. The summed E-state index contributed by atoms with van der Waals surface area (Å²) >= 11 is 0. The lowest BCUT2D eigenvalue weighted by atomic mass is 9.92. The quantitative estimate of drug-likeness (QED) is 0.264. The summed E-state index contributed by atoms with van der Waals surface area (Å²) in [7, 11) is 3.09. The molecule has 126 valence electrons. The van der Waals surface area contributed by atoms with Gasteiger partial charge in [0, 0.05) is 21.3 Å². The van der Waals surface area contributed by atoms with Crippen LogP contribution in [0.1, 0.15) is 27.2 Å². The first-order valence-corrected chi connectivity index (χ1v) is 9.48. The van der Waals surface area contributed by atoms with E-state index in [1.165, 1.54) is 10.8 Å². The zero-order chi connectivity index (χ0) is 17.7. The summed E-state index contributed by atoms with van der Waals surface area (Å²) < 4.78 is 0. The molecule has 0 heterocycles. The van der Waals surface area contributed by atoms with E-state index in [2.05, 4.69) is 11.3 Å². The number of nitrogens with zero attached hydrogens (tertiary/aromatic N) is 2. The molecule has 0 saturated carbocycles. The lowest BCUT2D eigenvalue weighted by molar-refractivity contribution is -0.426. The molecule has 0 amide bonds. The predicted octanol–water partition coefficient (Wildman–Crippen LogP) is 5.89. The monoisotopic (exact) mass is 362 g/mol. The molecule has 7 heteroatoms. The van der Waals surface area contributed by atoms with Crippen LogP contribution < -0.4 is 0 Å². The summed E-state index contributed by atoms with van der Waals surface area (Å²) in [5.41, 5.74) is 1.30. The van der Waals surface area contributed by atoms with E-state index in [1.54, 1.807) is 29.0 Å². The highest BCUT2D eigenvalue weighted by atomic mass is 33.1. The smallest absolute Gasteiger partial charge is 0.250 e. The summed E-state index contributed by atoms with van der Waals surface area (Å²) in [5, 5.41) is 14.0. The van der Waals surface area contributed by atoms with Crippen LogP contribution in [0.4, 0.5) is 0 Å². The van der Waals surface area contributed by atoms with Gasteiger partial charge in [0.25, 0.3) is 0 Å². The third kappa shape index (κ3) is 5.35. The Kier molecular flexibility index (Phi) is 6.01. The second kappa shape index (κ2) is 7.81. The third-order valence-electron chi connectivity index (χ3n) is 3.32. The van der Waals surface area contributed by atoms with E-state index in [0.29, 0.717) is 12.1 Å². The minimum atomic E-state index is -0.340. The zero-order valence-electron chi connectivity index (χ0n) is 13.7. The average Bonchev–Trinajstić information content (AvgIpc) is 2.78. The van der Waals surface area contributed by atoms with Gasteiger partial charge in [-0.15, -0.1) is 4.91 Å². The molecular weight excluding hydrogens is 344 g/mol. The van der Waals surface area contributed by atoms with Crippen molar-refractivity contribution in [3.05, 3.63) is 84.3 Å². The van der Waals surface area contributed by atoms with Crippen molar-refractivity contribution in [3.63, 3.8) is 0 Å². The molecule has 0 aliphatic heterocycles. The Labute approximate surface area is 148 Å². The van der Waals surface area contributed by atoms with Crippen LogP contribution in [0, 0.1) is 20.4 Å². The van der Waals surface area contributed by atoms with Gasteiger partial charge in [-0.3, -0.25) is 10.1 Å². The SMILES string of the molecule is CC1=CC(SSC2=CC(C)(C)C=C(N=O)C=C2)=CC=C([N+](=O)[O-])C1. The van der Waals surface area contributed by atoms with E-state index in [1.807, 2.05) is 39.0 Å². The predicted molar refractivity (Wildman–Crippen MR) is 102 cm³/mol. The van der Waals surface area contributed by atoms with Crippen molar-refractivity contribution in [2.45, 2.75) is 27.2 Å². The molecule has 0 spiro atoms. The second-order valence-electron chi connectivity index (χ2n) is 6.18. The van der Waals surface area contributed by atoms with Gasteiger partial charge in [-0.1, -0.05) is 47.1 Å². The average molecular weight is 362 g/mol. The summed E-state index contributed by atoms with van der Waals surface area (Å²) in [4.78, 5) is 23.4. The highest BCUT2D eigenvalue weighted by molar-refractivity contribution is 8.79. The van der Waals surface area contributed by atoms with Gasteiger partial charge < -0.3 is 0 Å². The molecule has 0 unspecified atom stereocenters. The van der Waals surface area contributed by atoms with Gasteiger partial charge in [-0.2, -0.15) is 0 Å². The molecule has 2 aliphatic rings. The highest BCUT2D eigenvalue weighted by Gasteiger charge is 2.18. The molecule has 0 radical (unpaired) electrons. The van der Waals surface area contributed by atoms with Crippen LogP contribution in [0.3, 0.4) is 0 Å². The molecular formula is C17H18N2O3S2. The van der Waals surface area contributed by atoms with Crippen molar-refractivity contribution >= 4 is 21.6 Å². The molecule has 0 aromatic carbocycles. The van der Waals surface area contributed by atoms with Crippen LogP contribution >= 0.6 is 21.6 Å². The Morgan fingerprint density at radius 3 is 2.54 bits per heavy atom. The standard InChI is InChI=1S/C17H18N2O3S2/c1-12-8-14(19(21)22)5-7-15(9-12)23-24-16-6-4-13(18-20)10-17(2,3)11-16/h4-7,9-11H,8H2,1-3H3. The van der Waals surface area contributed by atoms with Crippen molar-refractivity contribution in [3.8, 4) is 0 Å². The largest absolute Gasteiger partial charge is 0.259 e. The fraction of sp³-hybridized carbons (Fsp3) is 0.294. The molecule has 0 saturated heterocycles. The maximum absolute atomic E-state index is 10.9. The summed E-state index contributed by atoms with van der Waals surface area (Å²) in [6.07, 6.45) is 13.1. The van der Waals surface area contributed by atoms with Crippen LogP contribution in [-0.2, 0) is 0 Å². The summed E-state index contributed by atoms with van der Waals surface area (Å²) in [6.45, 7) is 5.91. The van der Waals surface area contributed by atoms with Gasteiger partial charge in [-0.05, 0) is 42.5 Å². The Balaban J connectivity index is 2.13. The van der Waals surface area contributed by atoms with E-state index < -0.39 is 0 Å². The Morgan fingerprint density at radius 1 is 1.17 bits per heavy atom. The molecule has 0 bridgehead atoms. The van der Waals surface area contributed by atoms with E-state index in [-0.39, 0.29) is 16.0 Å². The highest BCUT2D eigenvalue weighted by Crippen LogP contribution is 2.42. The molecule has 0 aromatic rings. The number of allylic oxidation sites excluding steroid dienone is 8. The second-order valence-corrected chi connectivity index (χ2v) is 8.46. The number of nitro groups is 1. The summed E-state index contributed by atoms with van der Waals surface area (Å²) in [5.74, 6) is 0. The third-order valence-corrected chi connectivity index (χ3v) is 5.70. The first kappa shape index (κ1) is 18.5. The Morgan fingerprint density at radius 2 is 1.88 bits per heavy atom. The van der Waals surface area contributed by atoms with Gasteiger partial charge in [0.15, 0.2) is 0 Å². The Bertz CT molecular complexity index is 741. The number of hydrogen-bond acceptors (Lipinski definition) is 6. The van der Waals surface area contributed by atoms with Crippen molar-refractivity contribution in [2.24, 2.45) is 10.6 Å². The van der Waals surface area contributed by atoms with Gasteiger partial charge in [0.1, 0.15) is 5.70 Å². The minimum Gasteiger partial charge on any atom is -0.259 e. The first-order valence-electron chi connectivity index (χ1n) is 7.33. The van der Waals surface area contributed by atoms with Crippen molar-refractivity contribution in [1.29, 1.82) is 0 Å². The van der Waals surface area contributed by atoms with Crippen molar-refractivity contribution in [1.82, 2.24) is 0 Å². The molecule has 2 aliphatic carbocycles. The zero-order valence-corrected chi connectivity index (χ0v) is 15.3. The van der Waals surface area contributed by atoms with Gasteiger partial charge in [0.05, 0.1) is 11.3 Å². The molecule has 0 aromatic heterocycles. The van der Waals surface area contributed by atoms with Crippen LogP contribution in [0.2, 0.25) is 0 Å². The molecule has 0 fully saturated rings. The van der Waals surface area contributed by atoms with Crippen LogP contribution in [0.5, 0.6) is 0 Å². The normalized spacial score (nSPS) is 19.9. The topological polar surface area (TPSA) is 72.6 Å². The van der Waals surface area contributed by atoms with E-state index in [4.69, 9.17) is 0 Å². The number of rotatable bonds is 5. The van der Waals surface area contributed by atoms with Gasteiger partial charge in [-0.25, -0.2) is 0 Å². The van der Waals surface area contributed by atoms with Crippen LogP contribution in [-0.4, -0.2) is 4.92 Å². The van der Waals surface area contributed by atoms with E-state index in [9.17, 15) is 15.0 Å². The number of hydrogen-bond donors (Lipinski definition) is 0. The molecule has 0 N–H and O–H groups in total. The van der Waals surface area contributed by atoms with Crippen molar-refractivity contribution < 1.29 is 4.92 Å². The molecule has 0 atom stereocenters. The lowest BCUT2D eigenvalue weighted by Crippen LogP contribution is -2.02. The minimum absolute atomic E-state index is 0.199. The summed E-state index contributed by atoms with van der Waals surface area (Å²) in [6, 6.07) is 0. The van der Waals surface area contributed by atoms with Crippen molar-refractivity contribution in [2.75, 3.05) is 0 Å². The van der Waals surface area contributed by atoms with Gasteiger partial charge >= 0.3 is 0 Å². The molecule has 24 heavy (non-hydrogen) atoms. The number of nitroso groups, excluding NO2 is 1. The molecule has 5 nitrogen and oxygen atoms in total. The Hall–Kier alpha value is -1.86. The van der Waals surface area contributed by atoms with Crippen LogP contribution in [0.15, 0.2) is 74.5 Å².